The lowest BCUT2D eigenvalue weighted by molar-refractivity contribution is -0.118. The standard InChI is InChI=1S/C15H16N2O3/c1-10-5-6-12(8-14(10)18)17-15(19)9-20-13-4-2-3-11(16)7-13/h2-8,18H,9,16H2,1H3,(H,17,19). The Balaban J connectivity index is 1.91. The Morgan fingerprint density at radius 1 is 1.30 bits per heavy atom. The molecule has 2 aromatic rings. The minimum absolute atomic E-state index is 0.127. The quantitative estimate of drug-likeness (QED) is 0.746. The van der Waals surface area contributed by atoms with Crippen molar-refractivity contribution in [1.82, 2.24) is 0 Å². The summed E-state index contributed by atoms with van der Waals surface area (Å²) in [5, 5.41) is 12.2. The molecular formula is C15H16N2O3. The summed E-state index contributed by atoms with van der Waals surface area (Å²) < 4.78 is 5.32. The summed E-state index contributed by atoms with van der Waals surface area (Å²) in [5.74, 6) is 0.363. The molecule has 0 fully saturated rings. The van der Waals surface area contributed by atoms with E-state index in [1.165, 1.54) is 6.07 Å². The average Bonchev–Trinajstić information content (AvgIpc) is 2.41. The second-order valence-electron chi connectivity index (χ2n) is 4.41. The normalized spacial score (nSPS) is 10.1. The number of carbonyl (C=O) groups excluding carboxylic acids is 1. The monoisotopic (exact) mass is 272 g/mol. The van der Waals surface area contributed by atoms with Crippen molar-refractivity contribution in [2.75, 3.05) is 17.7 Å². The number of nitrogens with one attached hydrogen (secondary N) is 1. The number of anilines is 2. The van der Waals surface area contributed by atoms with Crippen LogP contribution in [-0.4, -0.2) is 17.6 Å². The van der Waals surface area contributed by atoms with Crippen LogP contribution < -0.4 is 15.8 Å². The van der Waals surface area contributed by atoms with E-state index in [1.807, 2.05) is 0 Å². The van der Waals surface area contributed by atoms with Gasteiger partial charge < -0.3 is 20.9 Å². The zero-order valence-electron chi connectivity index (χ0n) is 11.1. The van der Waals surface area contributed by atoms with E-state index in [0.717, 1.165) is 5.56 Å². The van der Waals surface area contributed by atoms with Crippen LogP contribution in [0, 0.1) is 6.92 Å². The minimum Gasteiger partial charge on any atom is -0.508 e. The van der Waals surface area contributed by atoms with Crippen LogP contribution in [0.5, 0.6) is 11.5 Å². The lowest BCUT2D eigenvalue weighted by Crippen LogP contribution is -2.20. The van der Waals surface area contributed by atoms with Gasteiger partial charge >= 0.3 is 0 Å². The van der Waals surface area contributed by atoms with Crippen molar-refractivity contribution in [3.8, 4) is 11.5 Å². The second kappa shape index (κ2) is 5.97. The summed E-state index contributed by atoms with van der Waals surface area (Å²) >= 11 is 0. The third-order valence-electron chi connectivity index (χ3n) is 2.72. The molecule has 0 unspecified atom stereocenters. The van der Waals surface area contributed by atoms with Crippen molar-refractivity contribution in [3.05, 3.63) is 48.0 Å². The Bertz CT molecular complexity index is 626. The molecule has 0 spiro atoms. The number of aromatic hydroxyl groups is 1. The van der Waals surface area contributed by atoms with Crippen LogP contribution >= 0.6 is 0 Å². The fourth-order valence-electron chi connectivity index (χ4n) is 1.64. The van der Waals surface area contributed by atoms with E-state index in [4.69, 9.17) is 10.5 Å². The van der Waals surface area contributed by atoms with E-state index in [2.05, 4.69) is 5.32 Å². The number of amides is 1. The largest absolute Gasteiger partial charge is 0.508 e. The number of phenolic OH excluding ortho intramolecular Hbond substituents is 1. The summed E-state index contributed by atoms with van der Waals surface area (Å²) in [4.78, 5) is 11.7. The first kappa shape index (κ1) is 13.7. The molecule has 0 atom stereocenters. The molecule has 0 aliphatic rings. The lowest BCUT2D eigenvalue weighted by Gasteiger charge is -2.09. The lowest BCUT2D eigenvalue weighted by atomic mass is 10.2. The van der Waals surface area contributed by atoms with Crippen molar-refractivity contribution >= 4 is 17.3 Å². The Hall–Kier alpha value is -2.69. The molecule has 0 bridgehead atoms. The highest BCUT2D eigenvalue weighted by Crippen LogP contribution is 2.20. The number of benzene rings is 2. The maximum absolute atomic E-state index is 11.7. The molecule has 0 aliphatic heterocycles. The summed E-state index contributed by atoms with van der Waals surface area (Å²) in [6, 6.07) is 11.8. The molecule has 0 aromatic heterocycles. The molecular weight excluding hydrogens is 256 g/mol. The molecule has 104 valence electrons. The van der Waals surface area contributed by atoms with Gasteiger partial charge in [-0.15, -0.1) is 0 Å². The first-order valence-electron chi connectivity index (χ1n) is 6.12. The number of hydrogen-bond donors (Lipinski definition) is 3. The minimum atomic E-state index is -0.310. The van der Waals surface area contributed by atoms with Crippen LogP contribution in [0.25, 0.3) is 0 Å². The van der Waals surface area contributed by atoms with E-state index in [0.29, 0.717) is 17.1 Å². The van der Waals surface area contributed by atoms with Crippen LogP contribution in [0.1, 0.15) is 5.56 Å². The Morgan fingerprint density at radius 2 is 2.10 bits per heavy atom. The first-order chi connectivity index (χ1) is 9.54. The van der Waals surface area contributed by atoms with Crippen LogP contribution in [0.15, 0.2) is 42.5 Å². The van der Waals surface area contributed by atoms with Crippen LogP contribution in [-0.2, 0) is 4.79 Å². The predicted octanol–water partition coefficient (Wildman–Crippen LogP) is 2.30. The smallest absolute Gasteiger partial charge is 0.262 e. The molecule has 5 nitrogen and oxygen atoms in total. The maximum Gasteiger partial charge on any atom is 0.262 e. The van der Waals surface area contributed by atoms with E-state index >= 15 is 0 Å². The summed E-state index contributed by atoms with van der Waals surface area (Å²) in [6.45, 7) is 1.65. The Kier molecular flexibility index (Phi) is 4.10. The van der Waals surface area contributed by atoms with Crippen LogP contribution in [0.2, 0.25) is 0 Å². The van der Waals surface area contributed by atoms with Gasteiger partial charge in [-0.1, -0.05) is 12.1 Å². The van der Waals surface area contributed by atoms with Crippen molar-refractivity contribution < 1.29 is 14.6 Å². The number of phenols is 1. The van der Waals surface area contributed by atoms with Gasteiger partial charge in [0.25, 0.3) is 5.91 Å². The zero-order chi connectivity index (χ0) is 14.5. The molecule has 2 rings (SSSR count). The Morgan fingerprint density at radius 3 is 2.80 bits per heavy atom. The molecule has 0 aliphatic carbocycles. The molecule has 20 heavy (non-hydrogen) atoms. The van der Waals surface area contributed by atoms with Gasteiger partial charge in [0.2, 0.25) is 0 Å². The third kappa shape index (κ3) is 3.65. The highest BCUT2D eigenvalue weighted by Gasteiger charge is 2.05. The summed E-state index contributed by atoms with van der Waals surface area (Å²) in [6.07, 6.45) is 0. The molecule has 1 amide bonds. The Labute approximate surface area is 117 Å². The van der Waals surface area contributed by atoms with Crippen molar-refractivity contribution in [2.24, 2.45) is 0 Å². The summed E-state index contributed by atoms with van der Waals surface area (Å²) in [7, 11) is 0. The van der Waals surface area contributed by atoms with E-state index in [1.54, 1.807) is 43.3 Å². The van der Waals surface area contributed by atoms with Gasteiger partial charge in [-0.25, -0.2) is 0 Å². The SMILES string of the molecule is Cc1ccc(NC(=O)COc2cccc(N)c2)cc1O. The van der Waals surface area contributed by atoms with Gasteiger partial charge in [0.05, 0.1) is 0 Å². The molecule has 0 heterocycles. The fraction of sp³-hybridized carbons (Fsp3) is 0.133. The maximum atomic E-state index is 11.7. The molecule has 0 saturated heterocycles. The van der Waals surface area contributed by atoms with Gasteiger partial charge in [0.1, 0.15) is 11.5 Å². The van der Waals surface area contributed by atoms with E-state index in [9.17, 15) is 9.90 Å². The second-order valence-corrected chi connectivity index (χ2v) is 4.41. The highest BCUT2D eigenvalue weighted by molar-refractivity contribution is 5.92. The van der Waals surface area contributed by atoms with Crippen molar-refractivity contribution in [3.63, 3.8) is 0 Å². The number of nitrogen functional groups attached to an aromatic ring is 1. The van der Waals surface area contributed by atoms with Gasteiger partial charge in [0.15, 0.2) is 6.61 Å². The summed E-state index contributed by atoms with van der Waals surface area (Å²) in [5.41, 5.74) is 7.46. The van der Waals surface area contributed by atoms with Crippen LogP contribution in [0.3, 0.4) is 0 Å². The van der Waals surface area contributed by atoms with Gasteiger partial charge in [0, 0.05) is 23.5 Å². The number of hydrogen-bond acceptors (Lipinski definition) is 4. The predicted molar refractivity (Wildman–Crippen MR) is 77.8 cm³/mol. The zero-order valence-corrected chi connectivity index (χ0v) is 11.1. The number of ether oxygens (including phenoxy) is 1. The van der Waals surface area contributed by atoms with Gasteiger partial charge in [-0.05, 0) is 30.7 Å². The number of carbonyl (C=O) groups is 1. The number of aryl methyl sites for hydroxylation is 1. The first-order valence-corrected chi connectivity index (χ1v) is 6.12. The highest BCUT2D eigenvalue weighted by atomic mass is 16.5. The van der Waals surface area contributed by atoms with Crippen molar-refractivity contribution in [1.29, 1.82) is 0 Å². The van der Waals surface area contributed by atoms with Gasteiger partial charge in [-0.2, -0.15) is 0 Å². The molecule has 0 radical (unpaired) electrons. The third-order valence-corrected chi connectivity index (χ3v) is 2.72. The number of nitrogens with two attached hydrogens (primary N) is 1. The fourth-order valence-corrected chi connectivity index (χ4v) is 1.64. The van der Waals surface area contributed by atoms with E-state index in [-0.39, 0.29) is 18.3 Å². The van der Waals surface area contributed by atoms with Gasteiger partial charge in [-0.3, -0.25) is 4.79 Å². The topological polar surface area (TPSA) is 84.6 Å². The molecule has 0 saturated carbocycles. The number of rotatable bonds is 4. The van der Waals surface area contributed by atoms with E-state index < -0.39 is 0 Å². The van der Waals surface area contributed by atoms with Crippen LogP contribution in [0.4, 0.5) is 11.4 Å². The average molecular weight is 272 g/mol. The van der Waals surface area contributed by atoms with Crippen molar-refractivity contribution in [2.45, 2.75) is 6.92 Å². The molecule has 2 aromatic carbocycles. The molecule has 4 N–H and O–H groups in total. The molecule has 5 heteroatoms.